The van der Waals surface area contributed by atoms with E-state index >= 15 is 0 Å². The summed E-state index contributed by atoms with van der Waals surface area (Å²) in [5.74, 6) is 2.30. The van der Waals surface area contributed by atoms with Gasteiger partial charge < -0.3 is 4.57 Å². The van der Waals surface area contributed by atoms with Crippen molar-refractivity contribution < 1.29 is 4.58 Å². The van der Waals surface area contributed by atoms with Crippen molar-refractivity contribution >= 4 is 5.71 Å². The first-order valence-corrected chi connectivity index (χ1v) is 14.3. The first kappa shape index (κ1) is 20.1. The Kier molecular flexibility index (Phi) is 4.31. The molecule has 5 aliphatic heterocycles. The molecule has 1 aromatic rings. The topological polar surface area (TPSA) is 7.94 Å². The summed E-state index contributed by atoms with van der Waals surface area (Å²) in [7, 11) is 0. The highest BCUT2D eigenvalue weighted by Crippen LogP contribution is 2.66. The number of nitrogens with zero attached hydrogens (tertiary/aromatic N) is 2. The van der Waals surface area contributed by atoms with Crippen LogP contribution in [-0.2, 0) is 19.3 Å². The molecule has 2 heteroatoms. The average molecular weight is 432 g/mol. The van der Waals surface area contributed by atoms with Gasteiger partial charge in [-0.15, -0.1) is 0 Å². The third-order valence-electron chi connectivity index (χ3n) is 11.1. The SMILES string of the molecule is CCC1=C2[C@@H](CC)[C@@H](C)[C@H](c3c(CC)c4n5c3CC[C@H]5CCC4)[C@@]23CC[C@H]2CCCC1=[N+]23. The predicted molar refractivity (Wildman–Crippen MR) is 132 cm³/mol. The summed E-state index contributed by atoms with van der Waals surface area (Å²) in [6, 6.07) is 1.65. The van der Waals surface area contributed by atoms with E-state index in [4.69, 9.17) is 0 Å². The van der Waals surface area contributed by atoms with Crippen molar-refractivity contribution in [1.29, 1.82) is 0 Å². The highest BCUT2D eigenvalue weighted by atomic mass is 15.2. The zero-order valence-electron chi connectivity index (χ0n) is 21.0. The molecule has 6 aliphatic rings. The first-order chi connectivity index (χ1) is 15.7. The monoisotopic (exact) mass is 431 g/mol. The Morgan fingerprint density at radius 2 is 1.78 bits per heavy atom. The molecule has 1 aliphatic carbocycles. The molecule has 0 aromatic carbocycles. The molecule has 2 fully saturated rings. The van der Waals surface area contributed by atoms with Crippen molar-refractivity contribution in [2.75, 3.05) is 0 Å². The molecule has 6 heterocycles. The summed E-state index contributed by atoms with van der Waals surface area (Å²) in [5.41, 5.74) is 13.2. The van der Waals surface area contributed by atoms with Crippen LogP contribution in [0.2, 0.25) is 0 Å². The van der Waals surface area contributed by atoms with E-state index in [-0.39, 0.29) is 0 Å². The molecular weight excluding hydrogens is 388 g/mol. The fourth-order valence-electron chi connectivity index (χ4n) is 10.4. The lowest BCUT2D eigenvalue weighted by atomic mass is 9.73. The smallest absolute Gasteiger partial charge is 0.192 e. The number of hydrogen-bond donors (Lipinski definition) is 0. The van der Waals surface area contributed by atoms with Gasteiger partial charge in [-0.1, -0.05) is 27.7 Å². The second-order valence-corrected chi connectivity index (χ2v) is 12.0. The van der Waals surface area contributed by atoms with Crippen molar-refractivity contribution in [2.45, 2.75) is 135 Å². The van der Waals surface area contributed by atoms with Crippen LogP contribution in [0.15, 0.2) is 11.1 Å². The van der Waals surface area contributed by atoms with Crippen LogP contribution in [0.25, 0.3) is 0 Å². The van der Waals surface area contributed by atoms with Crippen LogP contribution in [0, 0.1) is 11.8 Å². The molecule has 6 atom stereocenters. The molecule has 2 nitrogen and oxygen atoms in total. The fourth-order valence-corrected chi connectivity index (χ4v) is 10.4. The Balaban J connectivity index is 1.52. The van der Waals surface area contributed by atoms with Crippen LogP contribution >= 0.6 is 0 Å². The van der Waals surface area contributed by atoms with Crippen molar-refractivity contribution in [2.24, 2.45) is 11.8 Å². The quantitative estimate of drug-likeness (QED) is 0.459. The fraction of sp³-hybridized carbons (Fsp3) is 0.767. The lowest BCUT2D eigenvalue weighted by Gasteiger charge is -2.32. The van der Waals surface area contributed by atoms with E-state index in [9.17, 15) is 0 Å². The Labute approximate surface area is 195 Å². The Morgan fingerprint density at radius 1 is 0.938 bits per heavy atom. The summed E-state index contributed by atoms with van der Waals surface area (Å²) in [4.78, 5) is 0. The van der Waals surface area contributed by atoms with E-state index in [1.807, 2.05) is 22.4 Å². The summed E-state index contributed by atoms with van der Waals surface area (Å²) >= 11 is 0. The minimum absolute atomic E-state index is 0.335. The first-order valence-electron chi connectivity index (χ1n) is 14.3. The molecular formula is C30H43N2+. The third-order valence-corrected chi connectivity index (χ3v) is 11.1. The summed E-state index contributed by atoms with van der Waals surface area (Å²) < 4.78 is 6.02. The van der Waals surface area contributed by atoms with E-state index in [0.717, 1.165) is 29.8 Å². The zero-order chi connectivity index (χ0) is 21.8. The summed E-state index contributed by atoms with van der Waals surface area (Å²) in [6.07, 6.45) is 17.9. The third kappa shape index (κ3) is 2.13. The molecule has 32 heavy (non-hydrogen) atoms. The van der Waals surface area contributed by atoms with Gasteiger partial charge in [0.15, 0.2) is 17.3 Å². The van der Waals surface area contributed by atoms with Crippen LogP contribution in [-0.4, -0.2) is 26.4 Å². The van der Waals surface area contributed by atoms with E-state index in [0.29, 0.717) is 5.54 Å². The number of aromatic nitrogens is 1. The number of hydrogen-bond acceptors (Lipinski definition) is 0. The Bertz CT molecular complexity index is 1050. The lowest BCUT2D eigenvalue weighted by Crippen LogP contribution is -2.45. The second-order valence-electron chi connectivity index (χ2n) is 12.0. The van der Waals surface area contributed by atoms with Crippen molar-refractivity contribution in [3.63, 3.8) is 0 Å². The Hall–Kier alpha value is -1.31. The van der Waals surface area contributed by atoms with E-state index in [2.05, 4.69) is 36.8 Å². The van der Waals surface area contributed by atoms with Crippen LogP contribution in [0.4, 0.5) is 0 Å². The Morgan fingerprint density at radius 3 is 2.56 bits per heavy atom. The van der Waals surface area contributed by atoms with Crippen molar-refractivity contribution in [3.8, 4) is 0 Å². The van der Waals surface area contributed by atoms with Crippen LogP contribution in [0.3, 0.4) is 0 Å². The van der Waals surface area contributed by atoms with Gasteiger partial charge in [0.2, 0.25) is 0 Å². The summed E-state index contributed by atoms with van der Waals surface area (Å²) in [5, 5.41) is 0. The van der Waals surface area contributed by atoms with Gasteiger partial charge in [0.1, 0.15) is 0 Å². The normalized spacial score (nSPS) is 39.2. The number of rotatable bonds is 4. The number of allylic oxidation sites excluding steroid dienone is 1. The molecule has 1 saturated heterocycles. The van der Waals surface area contributed by atoms with Gasteiger partial charge in [-0.05, 0) is 80.8 Å². The maximum atomic E-state index is 3.11. The molecule has 7 rings (SSSR count). The molecule has 0 radical (unpaired) electrons. The maximum absolute atomic E-state index is 3.11. The van der Waals surface area contributed by atoms with E-state index < -0.39 is 0 Å². The molecule has 1 aromatic heterocycles. The molecule has 0 amide bonds. The lowest BCUT2D eigenvalue weighted by molar-refractivity contribution is -0.611. The van der Waals surface area contributed by atoms with Gasteiger partial charge in [-0.3, -0.25) is 0 Å². The molecule has 1 saturated carbocycles. The molecule has 0 unspecified atom stereocenters. The van der Waals surface area contributed by atoms with Gasteiger partial charge in [0.05, 0.1) is 5.92 Å². The van der Waals surface area contributed by atoms with Crippen LogP contribution in [0.5, 0.6) is 0 Å². The molecule has 1 spiro atoms. The van der Waals surface area contributed by atoms with Crippen molar-refractivity contribution in [1.82, 2.24) is 4.57 Å². The van der Waals surface area contributed by atoms with Crippen LogP contribution < -0.4 is 0 Å². The molecule has 0 bridgehead atoms. The van der Waals surface area contributed by atoms with Crippen LogP contribution in [0.1, 0.15) is 126 Å². The highest BCUT2D eigenvalue weighted by Gasteiger charge is 2.71. The van der Waals surface area contributed by atoms with Gasteiger partial charge in [0, 0.05) is 54.3 Å². The predicted octanol–water partition coefficient (Wildman–Crippen LogP) is 6.89. The van der Waals surface area contributed by atoms with E-state index in [1.165, 1.54) is 83.5 Å². The van der Waals surface area contributed by atoms with E-state index in [1.54, 1.807) is 17.0 Å². The largest absolute Gasteiger partial charge is 0.345 e. The van der Waals surface area contributed by atoms with Crippen molar-refractivity contribution in [3.05, 3.63) is 33.7 Å². The second kappa shape index (κ2) is 6.86. The maximum Gasteiger partial charge on any atom is 0.192 e. The molecule has 172 valence electrons. The standard InChI is InChI=1S/C30H43N2/c1-5-21-18(4)28(27-22(6-2)24-12-8-10-19-14-15-26(27)31(19)24)30-17-16-20-11-9-13-25(32(20)30)23(7-3)29(21)30/h18-21,28H,5-17H2,1-4H3/q+1/t18-,19-,20-,21+,28-,30+/m1/s1. The zero-order valence-corrected chi connectivity index (χ0v) is 21.0. The van der Waals surface area contributed by atoms with Gasteiger partial charge in [0.25, 0.3) is 0 Å². The minimum Gasteiger partial charge on any atom is -0.345 e. The summed E-state index contributed by atoms with van der Waals surface area (Å²) in [6.45, 7) is 10.1. The van der Waals surface area contributed by atoms with Gasteiger partial charge >= 0.3 is 0 Å². The van der Waals surface area contributed by atoms with Gasteiger partial charge in [-0.2, -0.15) is 0 Å². The highest BCUT2D eigenvalue weighted by molar-refractivity contribution is 6.00. The minimum atomic E-state index is 0.335. The molecule has 0 N–H and O–H groups in total. The average Bonchev–Trinajstić information content (AvgIpc) is 3.58. The van der Waals surface area contributed by atoms with Gasteiger partial charge in [-0.25, -0.2) is 4.58 Å².